The van der Waals surface area contributed by atoms with Gasteiger partial charge in [0.05, 0.1) is 11.4 Å². The Morgan fingerprint density at radius 1 is 1.33 bits per heavy atom. The van der Waals surface area contributed by atoms with Crippen LogP contribution in [-0.2, 0) is 17.6 Å². The molecule has 2 heterocycles. The van der Waals surface area contributed by atoms with E-state index >= 15 is 0 Å². The second kappa shape index (κ2) is 6.15. The zero-order valence-corrected chi connectivity index (χ0v) is 14.5. The Bertz CT molecular complexity index is 807. The van der Waals surface area contributed by atoms with E-state index in [1.54, 1.807) is 16.3 Å². The number of fused-ring (bicyclic) bond motifs is 3. The van der Waals surface area contributed by atoms with E-state index in [0.29, 0.717) is 12.8 Å². The van der Waals surface area contributed by atoms with Gasteiger partial charge < -0.3 is 5.11 Å². The number of aliphatic hydroxyl groups is 1. The molecule has 0 radical (unpaired) electrons. The molecule has 1 aliphatic heterocycles. The predicted molar refractivity (Wildman–Crippen MR) is 96.7 cm³/mol. The smallest absolute Gasteiger partial charge is 0.248 e. The van der Waals surface area contributed by atoms with Crippen molar-refractivity contribution in [1.29, 1.82) is 0 Å². The lowest BCUT2D eigenvalue weighted by Gasteiger charge is -2.32. The van der Waals surface area contributed by atoms with Gasteiger partial charge in [0.25, 0.3) is 0 Å². The van der Waals surface area contributed by atoms with Gasteiger partial charge in [0.15, 0.2) is 0 Å². The Kier molecular flexibility index (Phi) is 3.98. The van der Waals surface area contributed by atoms with Crippen molar-refractivity contribution in [2.45, 2.75) is 32.6 Å². The highest BCUT2D eigenvalue weighted by Gasteiger charge is 2.35. The number of aliphatic hydroxyl groups excluding tert-OH is 1. The molecule has 1 aliphatic carbocycles. The number of carbonyl (C=O) groups excluding carboxylic acids is 1. The monoisotopic (exact) mass is 340 g/mol. The van der Waals surface area contributed by atoms with Crippen molar-refractivity contribution in [1.82, 2.24) is 0 Å². The zero-order chi connectivity index (χ0) is 16.7. The van der Waals surface area contributed by atoms with E-state index in [4.69, 9.17) is 5.10 Å². The second-order valence-corrected chi connectivity index (χ2v) is 7.71. The summed E-state index contributed by atoms with van der Waals surface area (Å²) in [4.78, 5) is 15.1. The lowest BCUT2D eigenvalue weighted by atomic mass is 9.83. The van der Waals surface area contributed by atoms with Crippen LogP contribution in [0.2, 0.25) is 0 Å². The van der Waals surface area contributed by atoms with Crippen LogP contribution < -0.4 is 5.01 Å². The fraction of sp³-hybridized carbons (Fsp3) is 0.368. The molecule has 1 N–H and O–H groups in total. The molecule has 124 valence electrons. The lowest BCUT2D eigenvalue weighted by molar-refractivity contribution is -0.119. The summed E-state index contributed by atoms with van der Waals surface area (Å²) in [5.74, 6) is 0.296. The Labute approximate surface area is 145 Å². The van der Waals surface area contributed by atoms with Gasteiger partial charge in [0, 0.05) is 40.7 Å². The first-order chi connectivity index (χ1) is 11.7. The molecule has 2 aromatic rings. The third kappa shape index (κ3) is 2.68. The number of rotatable bonds is 3. The highest BCUT2D eigenvalue weighted by atomic mass is 32.1. The molecule has 1 amide bonds. The number of anilines is 1. The number of benzene rings is 1. The number of hydrogen-bond donors (Lipinski definition) is 1. The van der Waals surface area contributed by atoms with Crippen molar-refractivity contribution in [2.24, 2.45) is 11.0 Å². The summed E-state index contributed by atoms with van der Waals surface area (Å²) in [6.07, 6.45) is 3.21. The van der Waals surface area contributed by atoms with Gasteiger partial charge in [0.2, 0.25) is 5.91 Å². The number of thiophene rings is 1. The van der Waals surface area contributed by atoms with Gasteiger partial charge in [-0.15, -0.1) is 11.3 Å². The van der Waals surface area contributed by atoms with Crippen LogP contribution in [0.15, 0.2) is 35.4 Å². The number of hydrogen-bond acceptors (Lipinski definition) is 4. The second-order valence-electron chi connectivity index (χ2n) is 6.49. The first-order valence-electron chi connectivity index (χ1n) is 8.36. The van der Waals surface area contributed by atoms with Gasteiger partial charge in [-0.25, -0.2) is 5.01 Å². The predicted octanol–water partition coefficient (Wildman–Crippen LogP) is 3.29. The van der Waals surface area contributed by atoms with E-state index in [-0.39, 0.29) is 18.4 Å². The van der Waals surface area contributed by atoms with Gasteiger partial charge in [-0.1, -0.05) is 17.7 Å². The molecule has 0 fully saturated rings. The molecular weight excluding hydrogens is 320 g/mol. The minimum atomic E-state index is 0.0712. The minimum absolute atomic E-state index is 0.0712. The van der Waals surface area contributed by atoms with E-state index in [1.807, 2.05) is 31.2 Å². The topological polar surface area (TPSA) is 52.9 Å². The van der Waals surface area contributed by atoms with Crippen molar-refractivity contribution in [2.75, 3.05) is 11.6 Å². The van der Waals surface area contributed by atoms with Crippen LogP contribution in [0.1, 0.15) is 33.7 Å². The van der Waals surface area contributed by atoms with Crippen LogP contribution >= 0.6 is 11.3 Å². The third-order valence-electron chi connectivity index (χ3n) is 4.74. The molecule has 2 aliphatic rings. The number of nitrogens with zero attached hydrogens (tertiary/aromatic N) is 2. The molecule has 1 aromatic carbocycles. The van der Waals surface area contributed by atoms with Gasteiger partial charge >= 0.3 is 0 Å². The summed E-state index contributed by atoms with van der Waals surface area (Å²) in [5.41, 5.74) is 4.22. The van der Waals surface area contributed by atoms with E-state index < -0.39 is 0 Å². The minimum Gasteiger partial charge on any atom is -0.396 e. The average molecular weight is 340 g/mol. The van der Waals surface area contributed by atoms with Crippen molar-refractivity contribution in [3.05, 3.63) is 51.2 Å². The summed E-state index contributed by atoms with van der Waals surface area (Å²) in [6, 6.07) is 10.1. The number of amides is 1. The number of carbonyl (C=O) groups is 1. The molecule has 4 nitrogen and oxygen atoms in total. The van der Waals surface area contributed by atoms with Crippen LogP contribution in [0, 0.1) is 12.8 Å². The molecule has 1 unspecified atom stereocenters. The van der Waals surface area contributed by atoms with E-state index in [0.717, 1.165) is 24.2 Å². The molecule has 5 heteroatoms. The summed E-state index contributed by atoms with van der Waals surface area (Å²) in [5, 5.41) is 15.5. The number of hydrazone groups is 1. The Balaban J connectivity index is 1.74. The first kappa shape index (κ1) is 15.5. The van der Waals surface area contributed by atoms with Crippen molar-refractivity contribution >= 4 is 28.6 Å². The molecule has 24 heavy (non-hydrogen) atoms. The highest BCUT2D eigenvalue weighted by molar-refractivity contribution is 7.12. The van der Waals surface area contributed by atoms with Gasteiger partial charge in [-0.3, -0.25) is 4.79 Å². The summed E-state index contributed by atoms with van der Waals surface area (Å²) >= 11 is 1.77. The lowest BCUT2D eigenvalue weighted by Crippen LogP contribution is -2.39. The quantitative estimate of drug-likeness (QED) is 0.932. The maximum atomic E-state index is 12.5. The molecule has 1 atom stereocenters. The summed E-state index contributed by atoms with van der Waals surface area (Å²) in [6.45, 7) is 2.20. The Morgan fingerprint density at radius 3 is 2.88 bits per heavy atom. The van der Waals surface area contributed by atoms with Crippen molar-refractivity contribution in [3.63, 3.8) is 0 Å². The molecule has 0 saturated heterocycles. The van der Waals surface area contributed by atoms with Gasteiger partial charge in [-0.2, -0.15) is 5.10 Å². The molecule has 0 spiro atoms. The SMILES string of the molecule is Cc1ccc(N2N=C3c4cc(CCO)sc4CCC3CC2=O)cc1. The molecule has 0 saturated carbocycles. The van der Waals surface area contributed by atoms with E-state index in [1.165, 1.54) is 20.9 Å². The normalized spacial score (nSPS) is 19.8. The highest BCUT2D eigenvalue weighted by Crippen LogP contribution is 2.37. The first-order valence-corrected chi connectivity index (χ1v) is 9.18. The maximum absolute atomic E-state index is 12.5. The largest absolute Gasteiger partial charge is 0.396 e. The van der Waals surface area contributed by atoms with Gasteiger partial charge in [0.1, 0.15) is 0 Å². The van der Waals surface area contributed by atoms with Crippen molar-refractivity contribution < 1.29 is 9.90 Å². The van der Waals surface area contributed by atoms with E-state index in [9.17, 15) is 9.90 Å². The van der Waals surface area contributed by atoms with Crippen LogP contribution in [-0.4, -0.2) is 23.3 Å². The number of aryl methyl sites for hydroxylation is 2. The standard InChI is InChI=1S/C19H20N2O2S/c1-12-2-5-14(6-3-12)21-18(23)10-13-4-7-17-16(19(13)20-21)11-15(24-17)8-9-22/h2-3,5-6,11,13,22H,4,7-10H2,1H3. The fourth-order valence-corrected chi connectivity index (χ4v) is 4.64. The Morgan fingerprint density at radius 2 is 2.12 bits per heavy atom. The summed E-state index contributed by atoms with van der Waals surface area (Å²) < 4.78 is 0. The van der Waals surface area contributed by atoms with Crippen LogP contribution in [0.25, 0.3) is 0 Å². The Hall–Kier alpha value is -1.98. The molecule has 4 rings (SSSR count). The summed E-state index contributed by atoms with van der Waals surface area (Å²) in [7, 11) is 0. The van der Waals surface area contributed by atoms with Crippen LogP contribution in [0.4, 0.5) is 5.69 Å². The van der Waals surface area contributed by atoms with Crippen molar-refractivity contribution in [3.8, 4) is 0 Å². The van der Waals surface area contributed by atoms with Crippen LogP contribution in [0.5, 0.6) is 0 Å². The average Bonchev–Trinajstić information content (AvgIpc) is 2.98. The molecule has 1 aromatic heterocycles. The van der Waals surface area contributed by atoms with Gasteiger partial charge in [-0.05, 0) is 38.0 Å². The van der Waals surface area contributed by atoms with E-state index in [2.05, 4.69) is 6.07 Å². The molecular formula is C19H20N2O2S. The van der Waals surface area contributed by atoms with Crippen LogP contribution in [0.3, 0.4) is 0 Å². The third-order valence-corrected chi connectivity index (χ3v) is 6.00. The molecule has 0 bridgehead atoms. The maximum Gasteiger partial charge on any atom is 0.248 e. The fourth-order valence-electron chi connectivity index (χ4n) is 3.46. The zero-order valence-electron chi connectivity index (χ0n) is 13.7.